The fourth-order valence-electron chi connectivity index (χ4n) is 2.85. The molecule has 0 heterocycles. The van der Waals surface area contributed by atoms with E-state index in [1.165, 1.54) is 5.56 Å². The highest BCUT2D eigenvalue weighted by Crippen LogP contribution is 2.34. The summed E-state index contributed by atoms with van der Waals surface area (Å²) in [6, 6.07) is 20.6. The van der Waals surface area contributed by atoms with E-state index < -0.39 is 0 Å². The van der Waals surface area contributed by atoms with Gasteiger partial charge in [-0.05, 0) is 41.5 Å². The van der Waals surface area contributed by atoms with E-state index in [2.05, 4.69) is 30.3 Å². The van der Waals surface area contributed by atoms with Gasteiger partial charge in [0.15, 0.2) is 5.78 Å². The molecule has 1 unspecified atom stereocenters. The van der Waals surface area contributed by atoms with Crippen LogP contribution in [-0.2, 0) is 4.79 Å². The van der Waals surface area contributed by atoms with Gasteiger partial charge in [-0.1, -0.05) is 60.7 Å². The molecule has 0 radical (unpaired) electrons. The van der Waals surface area contributed by atoms with Crippen molar-refractivity contribution in [3.8, 4) is 0 Å². The number of rotatable bonds is 2. The van der Waals surface area contributed by atoms with Gasteiger partial charge < -0.3 is 0 Å². The molecule has 0 saturated heterocycles. The third-order valence-electron chi connectivity index (χ3n) is 3.96. The van der Waals surface area contributed by atoms with Gasteiger partial charge in [-0.3, -0.25) is 4.79 Å². The quantitative estimate of drug-likeness (QED) is 0.722. The third-order valence-corrected chi connectivity index (χ3v) is 3.96. The Morgan fingerprint density at radius 1 is 0.900 bits per heavy atom. The van der Waals surface area contributed by atoms with Crippen LogP contribution in [0.15, 0.2) is 66.2 Å². The normalized spacial score (nSPS) is 21.1. The molecule has 100 valence electrons. The van der Waals surface area contributed by atoms with Gasteiger partial charge in [0.2, 0.25) is 0 Å². The second-order valence-corrected chi connectivity index (χ2v) is 5.35. The standard InChI is InChI=1S/C19H18O/c20-19-12-11-17(16-9-5-2-6-10-16)14-18(19)13-15-7-3-1-4-8-15/h1-10,13,17H,11-12,14H2. The summed E-state index contributed by atoms with van der Waals surface area (Å²) >= 11 is 0. The van der Waals surface area contributed by atoms with E-state index in [1.807, 2.05) is 36.4 Å². The summed E-state index contributed by atoms with van der Waals surface area (Å²) in [4.78, 5) is 12.1. The van der Waals surface area contributed by atoms with Crippen LogP contribution in [-0.4, -0.2) is 5.78 Å². The summed E-state index contributed by atoms with van der Waals surface area (Å²) in [5.74, 6) is 0.782. The molecule has 1 aliphatic rings. The number of carbonyl (C=O) groups is 1. The monoisotopic (exact) mass is 262 g/mol. The largest absolute Gasteiger partial charge is 0.295 e. The van der Waals surface area contributed by atoms with E-state index in [0.29, 0.717) is 18.1 Å². The first-order valence-corrected chi connectivity index (χ1v) is 7.17. The van der Waals surface area contributed by atoms with Crippen LogP contribution in [0, 0.1) is 0 Å². The Kier molecular flexibility index (Phi) is 3.78. The number of benzene rings is 2. The zero-order valence-electron chi connectivity index (χ0n) is 11.5. The third kappa shape index (κ3) is 2.88. The fourth-order valence-corrected chi connectivity index (χ4v) is 2.85. The molecule has 2 aromatic rings. The number of hydrogen-bond donors (Lipinski definition) is 0. The molecule has 0 N–H and O–H groups in total. The van der Waals surface area contributed by atoms with E-state index >= 15 is 0 Å². The second-order valence-electron chi connectivity index (χ2n) is 5.35. The van der Waals surface area contributed by atoms with Crippen LogP contribution in [0.2, 0.25) is 0 Å². The van der Waals surface area contributed by atoms with Crippen molar-refractivity contribution in [3.05, 3.63) is 77.4 Å². The topological polar surface area (TPSA) is 17.1 Å². The number of carbonyl (C=O) groups excluding carboxylic acids is 1. The molecule has 0 aliphatic heterocycles. The smallest absolute Gasteiger partial charge is 0.158 e. The summed E-state index contributed by atoms with van der Waals surface area (Å²) in [6.45, 7) is 0. The first-order valence-electron chi connectivity index (χ1n) is 7.17. The molecule has 1 atom stereocenters. The van der Waals surface area contributed by atoms with Crippen molar-refractivity contribution < 1.29 is 4.79 Å². The van der Waals surface area contributed by atoms with E-state index in [0.717, 1.165) is 24.0 Å². The van der Waals surface area contributed by atoms with Gasteiger partial charge in [0.05, 0.1) is 0 Å². The van der Waals surface area contributed by atoms with Crippen molar-refractivity contribution in [2.75, 3.05) is 0 Å². The van der Waals surface area contributed by atoms with E-state index in [9.17, 15) is 4.79 Å². The lowest BCUT2D eigenvalue weighted by Crippen LogP contribution is -2.15. The molecule has 0 amide bonds. The van der Waals surface area contributed by atoms with Crippen LogP contribution in [0.25, 0.3) is 6.08 Å². The van der Waals surface area contributed by atoms with E-state index in [4.69, 9.17) is 0 Å². The summed E-state index contributed by atoms with van der Waals surface area (Å²) in [5.41, 5.74) is 3.43. The predicted molar refractivity (Wildman–Crippen MR) is 82.5 cm³/mol. The van der Waals surface area contributed by atoms with Crippen LogP contribution < -0.4 is 0 Å². The summed E-state index contributed by atoms with van der Waals surface area (Å²) in [6.07, 6.45) is 4.54. The zero-order chi connectivity index (χ0) is 13.8. The minimum atomic E-state index is 0.307. The molecule has 0 spiro atoms. The van der Waals surface area contributed by atoms with Crippen LogP contribution >= 0.6 is 0 Å². The maximum Gasteiger partial charge on any atom is 0.158 e. The minimum Gasteiger partial charge on any atom is -0.295 e. The van der Waals surface area contributed by atoms with Gasteiger partial charge in [-0.15, -0.1) is 0 Å². The SMILES string of the molecule is O=C1CCC(c2ccccc2)CC1=Cc1ccccc1. The molecular weight excluding hydrogens is 244 g/mol. The zero-order valence-corrected chi connectivity index (χ0v) is 11.5. The molecule has 1 fully saturated rings. The fraction of sp³-hybridized carbons (Fsp3) is 0.211. The van der Waals surface area contributed by atoms with Crippen molar-refractivity contribution in [2.45, 2.75) is 25.2 Å². The van der Waals surface area contributed by atoms with Crippen LogP contribution in [0.5, 0.6) is 0 Å². The van der Waals surface area contributed by atoms with Crippen molar-refractivity contribution in [3.63, 3.8) is 0 Å². The Labute approximate surface area is 120 Å². The van der Waals surface area contributed by atoms with Gasteiger partial charge in [0.25, 0.3) is 0 Å². The Bertz CT molecular complexity index is 611. The molecule has 0 aromatic heterocycles. The highest BCUT2D eigenvalue weighted by Gasteiger charge is 2.24. The minimum absolute atomic E-state index is 0.307. The number of ketones is 1. The van der Waals surface area contributed by atoms with Crippen molar-refractivity contribution >= 4 is 11.9 Å². The lowest BCUT2D eigenvalue weighted by Gasteiger charge is -2.23. The van der Waals surface area contributed by atoms with Crippen molar-refractivity contribution in [1.82, 2.24) is 0 Å². The summed E-state index contributed by atoms with van der Waals surface area (Å²) < 4.78 is 0. The molecule has 1 nitrogen and oxygen atoms in total. The maximum absolute atomic E-state index is 12.1. The van der Waals surface area contributed by atoms with Gasteiger partial charge >= 0.3 is 0 Å². The number of Topliss-reactive ketones (excluding diaryl/α,β-unsaturated/α-hetero) is 1. The van der Waals surface area contributed by atoms with Crippen molar-refractivity contribution in [2.24, 2.45) is 0 Å². The molecule has 1 heteroatoms. The van der Waals surface area contributed by atoms with E-state index in [1.54, 1.807) is 0 Å². The number of allylic oxidation sites excluding steroid dienone is 1. The molecule has 0 bridgehead atoms. The van der Waals surface area contributed by atoms with Gasteiger partial charge in [0.1, 0.15) is 0 Å². The lowest BCUT2D eigenvalue weighted by molar-refractivity contribution is -0.116. The Morgan fingerprint density at radius 3 is 2.25 bits per heavy atom. The summed E-state index contributed by atoms with van der Waals surface area (Å²) in [5, 5.41) is 0. The Morgan fingerprint density at radius 2 is 1.55 bits per heavy atom. The van der Waals surface area contributed by atoms with Gasteiger partial charge in [-0.25, -0.2) is 0 Å². The van der Waals surface area contributed by atoms with Crippen molar-refractivity contribution in [1.29, 1.82) is 0 Å². The first-order chi connectivity index (χ1) is 9.83. The average molecular weight is 262 g/mol. The Hall–Kier alpha value is -2.15. The molecule has 1 aliphatic carbocycles. The lowest BCUT2D eigenvalue weighted by atomic mass is 9.80. The Balaban J connectivity index is 1.84. The average Bonchev–Trinajstić information content (AvgIpc) is 2.51. The molecule has 1 saturated carbocycles. The van der Waals surface area contributed by atoms with Crippen LogP contribution in [0.1, 0.15) is 36.3 Å². The second kappa shape index (κ2) is 5.87. The van der Waals surface area contributed by atoms with E-state index in [-0.39, 0.29) is 0 Å². The van der Waals surface area contributed by atoms with Gasteiger partial charge in [0, 0.05) is 6.42 Å². The highest BCUT2D eigenvalue weighted by atomic mass is 16.1. The first kappa shape index (κ1) is 12.9. The van der Waals surface area contributed by atoms with Crippen LogP contribution in [0.4, 0.5) is 0 Å². The molecule has 2 aromatic carbocycles. The summed E-state index contributed by atoms with van der Waals surface area (Å²) in [7, 11) is 0. The molecule has 20 heavy (non-hydrogen) atoms. The van der Waals surface area contributed by atoms with Crippen LogP contribution in [0.3, 0.4) is 0 Å². The maximum atomic E-state index is 12.1. The molecule has 3 rings (SSSR count). The molecular formula is C19H18O. The predicted octanol–water partition coefficient (Wildman–Crippen LogP) is 4.61. The number of hydrogen-bond acceptors (Lipinski definition) is 1. The van der Waals surface area contributed by atoms with Gasteiger partial charge in [-0.2, -0.15) is 0 Å². The highest BCUT2D eigenvalue weighted by molar-refractivity contribution is 6.00.